The van der Waals surface area contributed by atoms with Gasteiger partial charge < -0.3 is 51.9 Å². The number of urea groups is 1. The molecule has 0 saturated carbocycles. The molecule has 7 amide bonds. The number of hydrogen-bond donors (Lipinski definition) is 7. The Bertz CT molecular complexity index is 1770. The number of aromatic nitrogens is 3. The third-order valence-corrected chi connectivity index (χ3v) is 15.3. The van der Waals surface area contributed by atoms with Crippen LogP contribution in [0.1, 0.15) is 149 Å². The first-order valence-corrected chi connectivity index (χ1v) is 26.7. The van der Waals surface area contributed by atoms with Crippen LogP contribution >= 0.6 is 11.8 Å². The van der Waals surface area contributed by atoms with Gasteiger partial charge in [-0.05, 0) is 77.0 Å². The number of piperidine rings is 3. The summed E-state index contributed by atoms with van der Waals surface area (Å²) in [6, 6.07) is 0.702. The van der Waals surface area contributed by atoms with Gasteiger partial charge in [0.05, 0.1) is 12.1 Å². The van der Waals surface area contributed by atoms with Crippen LogP contribution in [0.5, 0.6) is 0 Å². The average Bonchev–Trinajstić information content (AvgIpc) is 3.88. The molecule has 0 aromatic carbocycles. The van der Waals surface area contributed by atoms with Crippen LogP contribution in [-0.2, 0) is 24.0 Å². The fraction of sp³-hybridized carbons (Fsp3) is 0.809. The molecule has 19 nitrogen and oxygen atoms in total. The Kier molecular flexibility index (Phi) is 21.2. The van der Waals surface area contributed by atoms with E-state index < -0.39 is 0 Å². The highest BCUT2D eigenvalue weighted by Crippen LogP contribution is 2.33. The molecule has 6 rings (SSSR count). The van der Waals surface area contributed by atoms with Crippen molar-refractivity contribution < 1.29 is 28.8 Å². The number of thioether (sulfide) groups is 1. The van der Waals surface area contributed by atoms with Crippen LogP contribution in [0.2, 0.25) is 0 Å². The molecule has 7 N–H and O–H groups in total. The molecule has 3 unspecified atom stereocenters. The predicted molar refractivity (Wildman–Crippen MR) is 262 cm³/mol. The number of carbonyl (C=O) groups excluding carboxylic acids is 6. The van der Waals surface area contributed by atoms with Crippen molar-refractivity contribution in [1.82, 2.24) is 52.2 Å². The molecule has 20 heteroatoms. The molecule has 3 atom stereocenters. The standard InChI is InChI=1S/C47H79N13O6S/c1-3-39(62)48-24-12-6-4-5-8-16-41(64)51-35-20-28-59(29-21-35)45-55-44(58-26-18-34(19-27-58)50-33(2)61)56-46(57-45)60-30-22-36(23-31-60)52-42(65)17-9-7-13-25-49-40(63)15-11-10-14-38-43-37(32-67-38)53-47(66)54-43/h34-38,43H,3-32H2,1-2H3,(H,48,62)(H,49,63)(H,50,61)(H,51,64)(H,52,65)(H2,53,54,66). The van der Waals surface area contributed by atoms with E-state index in [9.17, 15) is 28.8 Å². The first-order chi connectivity index (χ1) is 32.5. The topological polar surface area (TPSA) is 235 Å². The highest BCUT2D eigenvalue weighted by atomic mass is 32.2. The lowest BCUT2D eigenvalue weighted by molar-refractivity contribution is -0.122. The molecular weight excluding hydrogens is 875 g/mol. The zero-order chi connectivity index (χ0) is 47.4. The van der Waals surface area contributed by atoms with Gasteiger partial charge in [-0.1, -0.05) is 39.0 Å². The molecular formula is C47H79N13O6S. The molecule has 1 aromatic heterocycles. The normalized spacial score (nSPS) is 21.3. The van der Waals surface area contributed by atoms with E-state index in [1.54, 1.807) is 6.92 Å². The number of unbranched alkanes of at least 4 members (excludes halogenated alkanes) is 7. The quantitative estimate of drug-likeness (QED) is 0.0522. The first-order valence-electron chi connectivity index (χ1n) is 25.6. The summed E-state index contributed by atoms with van der Waals surface area (Å²) >= 11 is 1.90. The number of nitrogens with zero attached hydrogens (tertiary/aromatic N) is 6. The van der Waals surface area contributed by atoms with Crippen LogP contribution < -0.4 is 51.9 Å². The van der Waals surface area contributed by atoms with E-state index in [0.717, 1.165) is 148 Å². The lowest BCUT2D eigenvalue weighted by atomic mass is 10.0. The maximum absolute atomic E-state index is 12.9. The van der Waals surface area contributed by atoms with Crippen molar-refractivity contribution in [1.29, 1.82) is 0 Å². The number of anilines is 3. The van der Waals surface area contributed by atoms with E-state index in [2.05, 4.69) is 51.9 Å². The molecule has 0 bridgehead atoms. The van der Waals surface area contributed by atoms with E-state index in [1.807, 2.05) is 18.7 Å². The Balaban J connectivity index is 0.875. The van der Waals surface area contributed by atoms with Gasteiger partial charge in [-0.2, -0.15) is 26.7 Å². The zero-order valence-corrected chi connectivity index (χ0v) is 41.0. The molecule has 0 radical (unpaired) electrons. The van der Waals surface area contributed by atoms with E-state index >= 15 is 0 Å². The second-order valence-corrected chi connectivity index (χ2v) is 20.4. The molecule has 1 aromatic rings. The van der Waals surface area contributed by atoms with Gasteiger partial charge in [-0.3, -0.25) is 24.0 Å². The van der Waals surface area contributed by atoms with Crippen LogP contribution in [-0.4, -0.2) is 144 Å². The Morgan fingerprint density at radius 3 is 1.51 bits per heavy atom. The monoisotopic (exact) mass is 954 g/mol. The van der Waals surface area contributed by atoms with Gasteiger partial charge in [0.15, 0.2) is 0 Å². The minimum atomic E-state index is -0.0651. The van der Waals surface area contributed by atoms with Crippen LogP contribution in [0.3, 0.4) is 0 Å². The number of amides is 7. The highest BCUT2D eigenvalue weighted by molar-refractivity contribution is 8.00. The van der Waals surface area contributed by atoms with Gasteiger partial charge >= 0.3 is 6.03 Å². The number of rotatable bonds is 26. The van der Waals surface area contributed by atoms with Gasteiger partial charge in [-0.25, -0.2) is 4.79 Å². The molecule has 0 aliphatic carbocycles. The van der Waals surface area contributed by atoms with Crippen LogP contribution in [0.4, 0.5) is 22.6 Å². The molecule has 6 heterocycles. The van der Waals surface area contributed by atoms with Crippen molar-refractivity contribution in [2.75, 3.05) is 72.8 Å². The minimum Gasteiger partial charge on any atom is -0.356 e. The number of hydrogen-bond acceptors (Lipinski definition) is 13. The van der Waals surface area contributed by atoms with Gasteiger partial charge in [0.1, 0.15) is 0 Å². The molecule has 5 aliphatic rings. The summed E-state index contributed by atoms with van der Waals surface area (Å²) in [6.45, 7) is 9.07. The molecule has 5 saturated heterocycles. The van der Waals surface area contributed by atoms with E-state index in [1.165, 1.54) is 0 Å². The average molecular weight is 954 g/mol. The molecule has 5 aliphatic heterocycles. The summed E-state index contributed by atoms with van der Waals surface area (Å²) in [6.07, 6.45) is 17.1. The van der Waals surface area contributed by atoms with E-state index in [0.29, 0.717) is 68.4 Å². The van der Waals surface area contributed by atoms with Gasteiger partial charge in [0.2, 0.25) is 47.4 Å². The first kappa shape index (κ1) is 51.8. The van der Waals surface area contributed by atoms with Crippen LogP contribution in [0.25, 0.3) is 0 Å². The van der Waals surface area contributed by atoms with Crippen molar-refractivity contribution >= 4 is 65.2 Å². The minimum absolute atomic E-state index is 0.0156. The predicted octanol–water partition coefficient (Wildman–Crippen LogP) is 3.42. The zero-order valence-electron chi connectivity index (χ0n) is 40.2. The fourth-order valence-corrected chi connectivity index (χ4v) is 11.3. The van der Waals surface area contributed by atoms with Gasteiger partial charge in [0, 0.05) is 114 Å². The second kappa shape index (κ2) is 27.4. The van der Waals surface area contributed by atoms with Gasteiger partial charge in [-0.15, -0.1) is 0 Å². The largest absolute Gasteiger partial charge is 0.356 e. The Hall–Kier alpha value is -4.62. The van der Waals surface area contributed by atoms with Crippen molar-refractivity contribution in [3.8, 4) is 0 Å². The number of carbonyl (C=O) groups is 6. The van der Waals surface area contributed by atoms with Gasteiger partial charge in [0.25, 0.3) is 0 Å². The van der Waals surface area contributed by atoms with Crippen molar-refractivity contribution in [3.05, 3.63) is 0 Å². The number of nitrogens with one attached hydrogen (secondary N) is 7. The highest BCUT2D eigenvalue weighted by Gasteiger charge is 2.42. The Morgan fingerprint density at radius 2 is 1.00 bits per heavy atom. The third kappa shape index (κ3) is 17.4. The third-order valence-electron chi connectivity index (χ3n) is 13.8. The summed E-state index contributed by atoms with van der Waals surface area (Å²) < 4.78 is 0. The number of fused-ring (bicyclic) bond motifs is 1. The maximum atomic E-state index is 12.9. The Morgan fingerprint density at radius 1 is 0.567 bits per heavy atom. The lowest BCUT2D eigenvalue weighted by Crippen LogP contribution is -2.47. The SMILES string of the molecule is CCC(=O)NCCCCCCCC(=O)NC1CCN(c2nc(N3CCC(NC(C)=O)CC3)nc(N3CCC(NC(=O)CCCCCNC(=O)CCCCC4SCC5NC(=O)NC54)CC3)n2)CC1. The van der Waals surface area contributed by atoms with Crippen molar-refractivity contribution in [2.45, 2.75) is 184 Å². The maximum Gasteiger partial charge on any atom is 0.315 e. The summed E-state index contributed by atoms with van der Waals surface area (Å²) in [4.78, 5) is 94.4. The molecule has 374 valence electrons. The molecule has 0 spiro atoms. The fourth-order valence-electron chi connectivity index (χ4n) is 9.80. The van der Waals surface area contributed by atoms with Crippen molar-refractivity contribution in [3.63, 3.8) is 0 Å². The van der Waals surface area contributed by atoms with E-state index in [-0.39, 0.29) is 65.8 Å². The summed E-state index contributed by atoms with van der Waals surface area (Å²) in [7, 11) is 0. The van der Waals surface area contributed by atoms with Crippen LogP contribution in [0.15, 0.2) is 0 Å². The summed E-state index contributed by atoms with van der Waals surface area (Å²) in [5.41, 5.74) is 0. The van der Waals surface area contributed by atoms with Crippen molar-refractivity contribution in [2.24, 2.45) is 0 Å². The van der Waals surface area contributed by atoms with E-state index in [4.69, 9.17) is 15.0 Å². The summed E-state index contributed by atoms with van der Waals surface area (Å²) in [5.74, 6) is 3.20. The summed E-state index contributed by atoms with van der Waals surface area (Å²) in [5, 5.41) is 21.9. The second-order valence-electron chi connectivity index (χ2n) is 19.1. The smallest absolute Gasteiger partial charge is 0.315 e. The Labute approximate surface area is 401 Å². The lowest BCUT2D eigenvalue weighted by Gasteiger charge is -2.36. The molecule has 5 fully saturated rings. The van der Waals surface area contributed by atoms with Crippen LogP contribution in [0, 0.1) is 0 Å². The molecule has 67 heavy (non-hydrogen) atoms.